The van der Waals surface area contributed by atoms with Crippen molar-refractivity contribution >= 4 is 5.78 Å². The predicted octanol–water partition coefficient (Wildman–Crippen LogP) is 3.36. The van der Waals surface area contributed by atoms with Gasteiger partial charge in [0.1, 0.15) is 5.78 Å². The highest BCUT2D eigenvalue weighted by Crippen LogP contribution is 2.31. The van der Waals surface area contributed by atoms with Gasteiger partial charge in [-0.2, -0.15) is 0 Å². The molecule has 0 N–H and O–H groups in total. The molecule has 0 spiro atoms. The summed E-state index contributed by atoms with van der Waals surface area (Å²) in [7, 11) is 0. The fourth-order valence-corrected chi connectivity index (χ4v) is 3.11. The van der Waals surface area contributed by atoms with Crippen LogP contribution in [-0.2, 0) is 4.79 Å². The van der Waals surface area contributed by atoms with Crippen molar-refractivity contribution in [1.29, 1.82) is 0 Å². The Morgan fingerprint density at radius 3 is 2.47 bits per heavy atom. The van der Waals surface area contributed by atoms with Gasteiger partial charge in [0.05, 0.1) is 0 Å². The molecule has 1 rings (SSSR count). The van der Waals surface area contributed by atoms with E-state index in [1.807, 2.05) is 0 Å². The van der Waals surface area contributed by atoms with Gasteiger partial charge >= 0.3 is 0 Å². The Bertz CT molecular complexity index is 251. The van der Waals surface area contributed by atoms with Crippen molar-refractivity contribution in [2.45, 2.75) is 59.9 Å². The second-order valence-corrected chi connectivity index (χ2v) is 5.94. The second-order valence-electron chi connectivity index (χ2n) is 5.94. The first-order chi connectivity index (χ1) is 7.99. The van der Waals surface area contributed by atoms with Crippen molar-refractivity contribution in [3.63, 3.8) is 0 Å². The zero-order valence-electron chi connectivity index (χ0n) is 12.2. The highest BCUT2D eigenvalue weighted by molar-refractivity contribution is 5.82. The van der Waals surface area contributed by atoms with E-state index < -0.39 is 0 Å². The van der Waals surface area contributed by atoms with E-state index in [-0.39, 0.29) is 5.92 Å². The van der Waals surface area contributed by atoms with Gasteiger partial charge < -0.3 is 4.90 Å². The quantitative estimate of drug-likeness (QED) is 0.733. The molecule has 2 heteroatoms. The zero-order chi connectivity index (χ0) is 13.0. The Morgan fingerprint density at radius 2 is 2.00 bits per heavy atom. The van der Waals surface area contributed by atoms with Gasteiger partial charge in [-0.25, -0.2) is 0 Å². The van der Waals surface area contributed by atoms with Gasteiger partial charge in [0, 0.05) is 24.9 Å². The average Bonchev–Trinajstić information content (AvgIpc) is 2.27. The van der Waals surface area contributed by atoms with E-state index in [0.29, 0.717) is 23.7 Å². The van der Waals surface area contributed by atoms with Crippen molar-refractivity contribution < 1.29 is 4.79 Å². The molecule has 0 aliphatic heterocycles. The second kappa shape index (κ2) is 6.53. The summed E-state index contributed by atoms with van der Waals surface area (Å²) in [6.45, 7) is 13.2. The highest BCUT2D eigenvalue weighted by atomic mass is 16.1. The van der Waals surface area contributed by atoms with E-state index in [2.05, 4.69) is 39.5 Å². The number of hydrogen-bond donors (Lipinski definition) is 0. The van der Waals surface area contributed by atoms with Crippen LogP contribution in [-0.4, -0.2) is 29.8 Å². The molecule has 4 atom stereocenters. The Hall–Kier alpha value is -0.370. The summed E-state index contributed by atoms with van der Waals surface area (Å²) in [5, 5.41) is 0. The Labute approximate surface area is 107 Å². The van der Waals surface area contributed by atoms with Gasteiger partial charge in [-0.1, -0.05) is 27.7 Å². The van der Waals surface area contributed by atoms with Gasteiger partial charge in [-0.15, -0.1) is 0 Å². The summed E-state index contributed by atoms with van der Waals surface area (Å²) >= 11 is 0. The lowest BCUT2D eigenvalue weighted by atomic mass is 9.74. The number of ketones is 1. The van der Waals surface area contributed by atoms with Crippen molar-refractivity contribution in [1.82, 2.24) is 4.90 Å². The molecule has 0 amide bonds. The third-order valence-electron chi connectivity index (χ3n) is 4.48. The number of Topliss-reactive ketones (excluding diaryl/α,β-unsaturated/α-hetero) is 1. The van der Waals surface area contributed by atoms with Crippen molar-refractivity contribution in [3.8, 4) is 0 Å². The fraction of sp³-hybridized carbons (Fsp3) is 0.933. The summed E-state index contributed by atoms with van der Waals surface area (Å²) in [6.07, 6.45) is 3.18. The lowest BCUT2D eigenvalue weighted by Gasteiger charge is -2.37. The maximum Gasteiger partial charge on any atom is 0.137 e. The molecule has 0 heterocycles. The summed E-state index contributed by atoms with van der Waals surface area (Å²) in [4.78, 5) is 14.6. The van der Waals surface area contributed by atoms with E-state index in [4.69, 9.17) is 0 Å². The van der Waals surface area contributed by atoms with Gasteiger partial charge in [0.25, 0.3) is 0 Å². The third kappa shape index (κ3) is 3.80. The van der Waals surface area contributed by atoms with Gasteiger partial charge in [-0.3, -0.25) is 4.79 Å². The van der Waals surface area contributed by atoms with E-state index in [0.717, 1.165) is 19.5 Å². The molecule has 0 saturated heterocycles. The molecule has 0 bridgehead atoms. The predicted molar refractivity (Wildman–Crippen MR) is 73.1 cm³/mol. The van der Waals surface area contributed by atoms with Crippen molar-refractivity contribution in [2.75, 3.05) is 13.1 Å². The number of hydrogen-bond acceptors (Lipinski definition) is 2. The lowest BCUT2D eigenvalue weighted by molar-refractivity contribution is -0.128. The molecule has 1 aliphatic carbocycles. The average molecular weight is 239 g/mol. The van der Waals surface area contributed by atoms with Gasteiger partial charge in [-0.05, 0) is 38.1 Å². The lowest BCUT2D eigenvalue weighted by Crippen LogP contribution is -2.43. The van der Waals surface area contributed by atoms with Crippen molar-refractivity contribution in [2.24, 2.45) is 17.8 Å². The van der Waals surface area contributed by atoms with E-state index in [1.54, 1.807) is 0 Å². The molecule has 0 aromatic heterocycles. The molecule has 1 saturated carbocycles. The van der Waals surface area contributed by atoms with Crippen LogP contribution in [0, 0.1) is 17.8 Å². The molecule has 100 valence electrons. The number of carbonyl (C=O) groups excluding carboxylic acids is 1. The maximum atomic E-state index is 12.2. The van der Waals surface area contributed by atoms with E-state index in [9.17, 15) is 4.79 Å². The minimum absolute atomic E-state index is 0.278. The molecule has 2 nitrogen and oxygen atoms in total. The van der Waals surface area contributed by atoms with Crippen LogP contribution in [0.25, 0.3) is 0 Å². The highest BCUT2D eigenvalue weighted by Gasteiger charge is 2.33. The fourth-order valence-electron chi connectivity index (χ4n) is 3.11. The van der Waals surface area contributed by atoms with Crippen LogP contribution >= 0.6 is 0 Å². The molecule has 0 radical (unpaired) electrons. The molecule has 1 fully saturated rings. The molecular formula is C15H29NO. The molecule has 0 aromatic carbocycles. The normalized spacial score (nSPS) is 31.9. The summed E-state index contributed by atoms with van der Waals surface area (Å²) in [5.41, 5.74) is 0. The SMILES string of the molecule is CCC(C)N(CC)CC1C(=O)CC(C)CC1C. The maximum absolute atomic E-state index is 12.2. The number of nitrogens with zero attached hydrogens (tertiary/aromatic N) is 1. The van der Waals surface area contributed by atoms with Crippen LogP contribution in [0.2, 0.25) is 0 Å². The van der Waals surface area contributed by atoms with Gasteiger partial charge in [0.2, 0.25) is 0 Å². The standard InChI is InChI=1S/C15H29NO/c1-6-13(5)16(7-2)10-14-12(4)8-11(3)9-15(14)17/h11-14H,6-10H2,1-5H3. The van der Waals surface area contributed by atoms with Gasteiger partial charge in [0.15, 0.2) is 0 Å². The molecule has 1 aliphatic rings. The summed E-state index contributed by atoms with van der Waals surface area (Å²) in [5.74, 6) is 1.93. The van der Waals surface area contributed by atoms with Crippen LogP contribution in [0.3, 0.4) is 0 Å². The molecule has 0 aromatic rings. The van der Waals surface area contributed by atoms with Crippen LogP contribution < -0.4 is 0 Å². The Morgan fingerprint density at radius 1 is 1.35 bits per heavy atom. The molecular weight excluding hydrogens is 210 g/mol. The smallest absolute Gasteiger partial charge is 0.137 e. The summed E-state index contributed by atoms with van der Waals surface area (Å²) in [6, 6.07) is 0.597. The molecule has 4 unspecified atom stereocenters. The zero-order valence-corrected chi connectivity index (χ0v) is 12.2. The minimum Gasteiger partial charge on any atom is -0.300 e. The van der Waals surface area contributed by atoms with E-state index >= 15 is 0 Å². The van der Waals surface area contributed by atoms with Crippen LogP contribution in [0.1, 0.15) is 53.9 Å². The molecule has 17 heavy (non-hydrogen) atoms. The first kappa shape index (κ1) is 14.7. The van der Waals surface area contributed by atoms with E-state index in [1.165, 1.54) is 12.8 Å². The van der Waals surface area contributed by atoms with Crippen LogP contribution in [0.15, 0.2) is 0 Å². The first-order valence-electron chi connectivity index (χ1n) is 7.26. The Balaban J connectivity index is 2.62. The third-order valence-corrected chi connectivity index (χ3v) is 4.48. The van der Waals surface area contributed by atoms with Crippen molar-refractivity contribution in [3.05, 3.63) is 0 Å². The monoisotopic (exact) mass is 239 g/mol. The Kier molecular flexibility index (Phi) is 5.64. The van der Waals surface area contributed by atoms with Crippen LogP contribution in [0.5, 0.6) is 0 Å². The topological polar surface area (TPSA) is 20.3 Å². The first-order valence-corrected chi connectivity index (χ1v) is 7.26. The largest absolute Gasteiger partial charge is 0.300 e. The number of carbonyl (C=O) groups is 1. The minimum atomic E-state index is 0.278. The summed E-state index contributed by atoms with van der Waals surface area (Å²) < 4.78 is 0. The number of rotatable bonds is 5. The van der Waals surface area contributed by atoms with Crippen LogP contribution in [0.4, 0.5) is 0 Å².